The lowest BCUT2D eigenvalue weighted by Gasteiger charge is -2.44. The first-order valence-electron chi connectivity index (χ1n) is 10.8. The molecule has 1 aliphatic rings. The molecule has 1 fully saturated rings. The highest BCUT2D eigenvalue weighted by molar-refractivity contribution is 7.92. The molecular formula is C23H22F7NO5S. The Balaban J connectivity index is 2.16. The summed E-state index contributed by atoms with van der Waals surface area (Å²) in [7, 11) is -4.43. The minimum atomic E-state index is -6.13. The first-order valence-corrected chi connectivity index (χ1v) is 12.3. The van der Waals surface area contributed by atoms with Crippen LogP contribution in [0.15, 0.2) is 53.4 Å². The zero-order valence-corrected chi connectivity index (χ0v) is 19.9. The average molecular weight is 557 g/mol. The van der Waals surface area contributed by atoms with Crippen LogP contribution in [0, 0.1) is 5.82 Å². The lowest BCUT2D eigenvalue weighted by atomic mass is 9.74. The Hall–Kier alpha value is -2.87. The molecule has 3 rings (SSSR count). The summed E-state index contributed by atoms with van der Waals surface area (Å²) >= 11 is 0. The maximum atomic E-state index is 13.8. The summed E-state index contributed by atoms with van der Waals surface area (Å²) < 4.78 is 119. The Morgan fingerprint density at radius 1 is 0.865 bits per heavy atom. The summed E-state index contributed by atoms with van der Waals surface area (Å²) in [4.78, 5) is 10.8. The van der Waals surface area contributed by atoms with Gasteiger partial charge in [-0.3, -0.25) is 0 Å². The maximum Gasteiger partial charge on any atom is 0.430 e. The molecule has 14 heteroatoms. The third-order valence-corrected chi connectivity index (χ3v) is 9.42. The van der Waals surface area contributed by atoms with Gasteiger partial charge in [-0.05, 0) is 62.4 Å². The van der Waals surface area contributed by atoms with Crippen molar-refractivity contribution in [3.05, 3.63) is 65.5 Å². The van der Waals surface area contributed by atoms with Crippen LogP contribution in [0.4, 0.5) is 35.5 Å². The monoisotopic (exact) mass is 557 g/mol. The van der Waals surface area contributed by atoms with E-state index in [9.17, 15) is 49.1 Å². The number of benzene rings is 2. The van der Waals surface area contributed by atoms with Crippen LogP contribution in [-0.2, 0) is 20.2 Å². The van der Waals surface area contributed by atoms with Gasteiger partial charge in [-0.15, -0.1) is 0 Å². The van der Waals surface area contributed by atoms with Crippen LogP contribution in [0.1, 0.15) is 43.7 Å². The molecule has 2 aromatic carbocycles. The summed E-state index contributed by atoms with van der Waals surface area (Å²) in [6.07, 6.45) is -14.2. The third kappa shape index (κ3) is 4.88. The lowest BCUT2D eigenvalue weighted by molar-refractivity contribution is -0.376. The topological polar surface area (TPSA) is 104 Å². The number of carbonyl (C=O) groups is 1. The van der Waals surface area contributed by atoms with Crippen molar-refractivity contribution in [2.24, 2.45) is 0 Å². The molecule has 0 aromatic heterocycles. The molecule has 0 atom stereocenters. The van der Waals surface area contributed by atoms with Crippen molar-refractivity contribution in [3.63, 3.8) is 0 Å². The molecule has 0 heterocycles. The Morgan fingerprint density at radius 2 is 1.32 bits per heavy atom. The summed E-state index contributed by atoms with van der Waals surface area (Å²) in [5.74, 6) is -0.738. The summed E-state index contributed by atoms with van der Waals surface area (Å²) in [6, 6.07) is 6.00. The van der Waals surface area contributed by atoms with Crippen LogP contribution in [-0.4, -0.2) is 42.6 Å². The third-order valence-electron chi connectivity index (χ3n) is 6.86. The molecule has 1 aliphatic carbocycles. The van der Waals surface area contributed by atoms with Gasteiger partial charge in [0.15, 0.2) is 9.84 Å². The van der Waals surface area contributed by atoms with E-state index >= 15 is 0 Å². The van der Waals surface area contributed by atoms with Gasteiger partial charge in [-0.1, -0.05) is 24.3 Å². The van der Waals surface area contributed by atoms with E-state index in [0.29, 0.717) is 12.1 Å². The second-order valence-corrected chi connectivity index (χ2v) is 11.5. The van der Waals surface area contributed by atoms with Gasteiger partial charge in [-0.25, -0.2) is 17.6 Å². The molecule has 1 amide bonds. The predicted molar refractivity (Wildman–Crippen MR) is 116 cm³/mol. The van der Waals surface area contributed by atoms with E-state index in [1.807, 2.05) is 0 Å². The summed E-state index contributed by atoms with van der Waals surface area (Å²) in [5, 5.41) is 21.1. The predicted octanol–water partition coefficient (Wildman–Crippen LogP) is 5.41. The summed E-state index contributed by atoms with van der Waals surface area (Å²) in [5.41, 5.74) is -7.97. The van der Waals surface area contributed by atoms with Gasteiger partial charge in [0.1, 0.15) is 10.6 Å². The summed E-state index contributed by atoms with van der Waals surface area (Å²) in [6.45, 7) is 1.53. The van der Waals surface area contributed by atoms with E-state index in [4.69, 9.17) is 5.11 Å². The smallest absolute Gasteiger partial charge is 0.430 e. The number of nitrogens with one attached hydrogen (secondary N) is 1. The average Bonchev–Trinajstić information content (AvgIpc) is 2.77. The standard InChI is InChI=1S/C23H22F7NO5S/c1-19(31-18(32)33)10-12-20(13-11-19,37(35,36)17-8-6-16(24)7-9-17)14-2-4-15(5-3-14)21(34,22(25,26)27)23(28,29)30/h2-9,31,34H,10-13H2,1H3,(H,32,33). The quantitative estimate of drug-likeness (QED) is 0.337. The van der Waals surface area contributed by atoms with Crippen LogP contribution in [0.25, 0.3) is 0 Å². The van der Waals surface area contributed by atoms with Crippen molar-refractivity contribution >= 4 is 15.9 Å². The highest BCUT2D eigenvalue weighted by Gasteiger charge is 2.71. The number of amides is 1. The van der Waals surface area contributed by atoms with Crippen LogP contribution in [0.2, 0.25) is 0 Å². The van der Waals surface area contributed by atoms with Crippen molar-refractivity contribution in [2.75, 3.05) is 0 Å². The minimum absolute atomic E-state index is 0.0451. The Bertz CT molecular complexity index is 1230. The number of carboxylic acid groups (broad SMARTS) is 1. The van der Waals surface area contributed by atoms with E-state index < -0.39 is 55.6 Å². The number of halogens is 7. The first kappa shape index (κ1) is 28.7. The number of hydrogen-bond acceptors (Lipinski definition) is 4. The van der Waals surface area contributed by atoms with Crippen LogP contribution in [0.3, 0.4) is 0 Å². The van der Waals surface area contributed by atoms with E-state index in [1.54, 1.807) is 0 Å². The van der Waals surface area contributed by atoms with E-state index in [2.05, 4.69) is 5.32 Å². The molecule has 1 saturated carbocycles. The normalized spacial score (nSPS) is 23.5. The van der Waals surface area contributed by atoms with Crippen molar-refractivity contribution in [3.8, 4) is 0 Å². The Morgan fingerprint density at radius 3 is 1.73 bits per heavy atom. The van der Waals surface area contributed by atoms with E-state index in [1.165, 1.54) is 6.92 Å². The SMILES string of the molecule is CC1(NC(=O)O)CCC(c2ccc(C(O)(C(F)(F)F)C(F)(F)F)cc2)(S(=O)(=O)c2ccc(F)cc2)CC1. The number of hydrogen-bond donors (Lipinski definition) is 3. The van der Waals surface area contributed by atoms with Crippen molar-refractivity contribution in [1.82, 2.24) is 5.32 Å². The van der Waals surface area contributed by atoms with Crippen LogP contribution >= 0.6 is 0 Å². The van der Waals surface area contributed by atoms with Crippen molar-refractivity contribution < 1.29 is 54.2 Å². The van der Waals surface area contributed by atoms with Gasteiger partial charge in [0.2, 0.25) is 0 Å². The maximum absolute atomic E-state index is 13.8. The first-order chi connectivity index (χ1) is 16.8. The van der Waals surface area contributed by atoms with Crippen molar-refractivity contribution in [2.45, 2.75) is 65.7 Å². The molecule has 0 radical (unpaired) electrons. The zero-order chi connectivity index (χ0) is 28.1. The fourth-order valence-corrected chi connectivity index (χ4v) is 6.78. The van der Waals surface area contributed by atoms with Gasteiger partial charge in [0.05, 0.1) is 4.90 Å². The molecule has 0 spiro atoms. The van der Waals surface area contributed by atoms with Gasteiger partial charge in [-0.2, -0.15) is 26.3 Å². The second-order valence-electron chi connectivity index (χ2n) is 9.23. The molecular weight excluding hydrogens is 535 g/mol. The highest BCUT2D eigenvalue weighted by Crippen LogP contribution is 2.52. The van der Waals surface area contributed by atoms with Crippen LogP contribution < -0.4 is 5.32 Å². The zero-order valence-electron chi connectivity index (χ0n) is 19.1. The number of rotatable bonds is 5. The number of aliphatic hydroxyl groups is 1. The molecule has 0 aliphatic heterocycles. The molecule has 6 nitrogen and oxygen atoms in total. The lowest BCUT2D eigenvalue weighted by Crippen LogP contribution is -2.54. The molecule has 204 valence electrons. The molecule has 0 unspecified atom stereocenters. The van der Waals surface area contributed by atoms with Gasteiger partial charge >= 0.3 is 18.4 Å². The van der Waals surface area contributed by atoms with Gasteiger partial charge < -0.3 is 15.5 Å². The largest absolute Gasteiger partial charge is 0.465 e. The number of alkyl halides is 6. The number of sulfone groups is 1. The highest BCUT2D eigenvalue weighted by atomic mass is 32.2. The Kier molecular flexibility index (Phi) is 7.10. The van der Waals surface area contributed by atoms with E-state index in [0.717, 1.165) is 36.4 Å². The molecule has 37 heavy (non-hydrogen) atoms. The molecule has 0 saturated heterocycles. The second kappa shape index (κ2) is 9.15. The molecule has 2 aromatic rings. The van der Waals surface area contributed by atoms with Gasteiger partial charge in [0, 0.05) is 11.1 Å². The Labute approximate surface area is 207 Å². The minimum Gasteiger partial charge on any atom is -0.465 e. The fraction of sp³-hybridized carbons (Fsp3) is 0.435. The van der Waals surface area contributed by atoms with E-state index in [-0.39, 0.29) is 36.1 Å². The van der Waals surface area contributed by atoms with Crippen LogP contribution in [0.5, 0.6) is 0 Å². The van der Waals surface area contributed by atoms with Gasteiger partial charge in [0.25, 0.3) is 5.60 Å². The molecule has 3 N–H and O–H groups in total. The molecule has 0 bridgehead atoms. The fourth-order valence-electron chi connectivity index (χ4n) is 4.64. The van der Waals surface area contributed by atoms with Crippen molar-refractivity contribution in [1.29, 1.82) is 0 Å².